The highest BCUT2D eigenvalue weighted by atomic mass is 16.1. The van der Waals surface area contributed by atoms with Gasteiger partial charge >= 0.3 is 0 Å². The van der Waals surface area contributed by atoms with E-state index in [1.165, 1.54) is 0 Å². The quantitative estimate of drug-likeness (QED) is 0.672. The van der Waals surface area contributed by atoms with Crippen molar-refractivity contribution in [1.82, 2.24) is 10.2 Å². The van der Waals surface area contributed by atoms with Gasteiger partial charge in [-0.05, 0) is 30.6 Å². The van der Waals surface area contributed by atoms with Gasteiger partial charge in [0.25, 0.3) is 5.56 Å². The summed E-state index contributed by atoms with van der Waals surface area (Å²) in [7, 11) is 0. The molecular formula is C13H16N2O. The highest BCUT2D eigenvalue weighted by Gasteiger charge is 2.43. The van der Waals surface area contributed by atoms with Crippen molar-refractivity contribution in [2.45, 2.75) is 20.8 Å². The Morgan fingerprint density at radius 2 is 1.69 bits per heavy atom. The minimum atomic E-state index is -0.0520. The zero-order valence-electron chi connectivity index (χ0n) is 9.82. The Labute approximate surface area is 93.9 Å². The summed E-state index contributed by atoms with van der Waals surface area (Å²) in [5, 5.41) is 8.49. The van der Waals surface area contributed by atoms with Gasteiger partial charge in [0.1, 0.15) is 0 Å². The number of hydrogen-bond acceptors (Lipinski definition) is 2. The van der Waals surface area contributed by atoms with E-state index in [1.807, 2.05) is 6.92 Å². The molecule has 3 aliphatic rings. The summed E-state index contributed by atoms with van der Waals surface area (Å²) < 4.78 is 0. The summed E-state index contributed by atoms with van der Waals surface area (Å²) in [6, 6.07) is 0. The molecule has 0 aliphatic heterocycles. The molecule has 1 aromatic rings. The molecule has 84 valence electrons. The fourth-order valence-electron chi connectivity index (χ4n) is 3.27. The lowest BCUT2D eigenvalue weighted by atomic mass is 9.58. The molecular weight excluding hydrogens is 200 g/mol. The number of aromatic amines is 1. The van der Waals surface area contributed by atoms with Gasteiger partial charge in [-0.1, -0.05) is 26.0 Å². The number of H-pyrrole nitrogens is 1. The topological polar surface area (TPSA) is 45.8 Å². The summed E-state index contributed by atoms with van der Waals surface area (Å²) >= 11 is 0. The number of hydrogen-bond donors (Lipinski definition) is 1. The largest absolute Gasteiger partial charge is 0.271 e. The predicted molar refractivity (Wildman–Crippen MR) is 63.1 cm³/mol. The minimum Gasteiger partial charge on any atom is -0.267 e. The van der Waals surface area contributed by atoms with Crippen molar-refractivity contribution in [1.29, 1.82) is 0 Å². The zero-order valence-corrected chi connectivity index (χ0v) is 9.82. The Balaban J connectivity index is 2.41. The van der Waals surface area contributed by atoms with Gasteiger partial charge in [0.15, 0.2) is 0 Å². The van der Waals surface area contributed by atoms with Gasteiger partial charge in [-0.2, -0.15) is 5.10 Å². The van der Waals surface area contributed by atoms with E-state index >= 15 is 0 Å². The molecule has 2 unspecified atom stereocenters. The van der Waals surface area contributed by atoms with Crippen LogP contribution in [0.25, 0.3) is 12.2 Å². The van der Waals surface area contributed by atoms with Gasteiger partial charge in [0.05, 0.1) is 5.69 Å². The Morgan fingerprint density at radius 3 is 2.31 bits per heavy atom. The third kappa shape index (κ3) is 1.09. The molecule has 3 aliphatic carbocycles. The second-order valence-electron chi connectivity index (χ2n) is 5.17. The maximum absolute atomic E-state index is 11.8. The lowest BCUT2D eigenvalue weighted by Crippen LogP contribution is -2.43. The molecule has 16 heavy (non-hydrogen) atoms. The lowest BCUT2D eigenvalue weighted by molar-refractivity contribution is 0.102. The van der Waals surface area contributed by atoms with Crippen LogP contribution in [0.3, 0.4) is 0 Å². The van der Waals surface area contributed by atoms with Gasteiger partial charge in [-0.25, -0.2) is 5.10 Å². The number of nitrogens with one attached hydrogen (secondary N) is 1. The normalized spacial score (nSPS) is 35.2. The smallest absolute Gasteiger partial charge is 0.267 e. The Bertz CT molecular complexity index is 604. The maximum atomic E-state index is 11.8. The number of aromatic nitrogens is 2. The number of aryl methyl sites for hydroxylation is 1. The SMILES string of the molecule is Cc1n[nH]c(=O)c2c1=CC1C(C)C(C=2)C1C. The fraction of sp³-hybridized carbons (Fsp3) is 0.538. The molecule has 1 saturated carbocycles. The Kier molecular flexibility index (Phi) is 1.88. The molecule has 0 spiro atoms. The highest BCUT2D eigenvalue weighted by molar-refractivity contribution is 5.45. The van der Waals surface area contributed by atoms with Gasteiger partial charge < -0.3 is 0 Å². The van der Waals surface area contributed by atoms with Crippen molar-refractivity contribution in [3.05, 3.63) is 26.5 Å². The van der Waals surface area contributed by atoms with Gasteiger partial charge in [0.2, 0.25) is 0 Å². The van der Waals surface area contributed by atoms with Crippen LogP contribution in [0, 0.1) is 30.6 Å². The highest BCUT2D eigenvalue weighted by Crippen LogP contribution is 2.47. The third-order valence-electron chi connectivity index (χ3n) is 4.40. The van der Waals surface area contributed by atoms with Crippen LogP contribution < -0.4 is 16.0 Å². The van der Waals surface area contributed by atoms with E-state index in [1.54, 1.807) is 0 Å². The summed E-state index contributed by atoms with van der Waals surface area (Å²) in [5.41, 5.74) is 0.876. The summed E-state index contributed by atoms with van der Waals surface area (Å²) in [5.74, 6) is 2.46. The minimum absolute atomic E-state index is 0.0520. The van der Waals surface area contributed by atoms with E-state index < -0.39 is 0 Å². The molecule has 2 bridgehead atoms. The van der Waals surface area contributed by atoms with E-state index in [4.69, 9.17) is 0 Å². The van der Waals surface area contributed by atoms with Crippen LogP contribution >= 0.6 is 0 Å². The van der Waals surface area contributed by atoms with Crippen molar-refractivity contribution in [3.63, 3.8) is 0 Å². The van der Waals surface area contributed by atoms with Crippen LogP contribution in [0.1, 0.15) is 19.5 Å². The molecule has 4 rings (SSSR count). The number of nitrogens with zero attached hydrogens (tertiary/aromatic N) is 1. The van der Waals surface area contributed by atoms with Gasteiger partial charge in [-0.3, -0.25) is 4.79 Å². The van der Waals surface area contributed by atoms with Crippen LogP contribution in [-0.4, -0.2) is 10.2 Å². The molecule has 0 saturated heterocycles. The standard InChI is InChI=1S/C13H16N2O/c1-6-9-4-11-8(3)14-15-13(16)12(11)5-10(6)7(9)2/h4-7,9-10H,1-3H3,(H,15,16). The molecule has 3 heteroatoms. The fourth-order valence-corrected chi connectivity index (χ4v) is 3.27. The van der Waals surface area contributed by atoms with Gasteiger partial charge in [-0.15, -0.1) is 0 Å². The monoisotopic (exact) mass is 216 g/mol. The molecule has 1 heterocycles. The summed E-state index contributed by atoms with van der Waals surface area (Å²) in [6.45, 7) is 6.49. The lowest BCUT2D eigenvalue weighted by Gasteiger charge is -2.46. The second kappa shape index (κ2) is 3.06. The van der Waals surface area contributed by atoms with E-state index in [2.05, 4.69) is 36.2 Å². The van der Waals surface area contributed by atoms with E-state index in [0.717, 1.165) is 16.1 Å². The van der Waals surface area contributed by atoms with Crippen molar-refractivity contribution < 1.29 is 0 Å². The molecule has 1 fully saturated rings. The first-order chi connectivity index (χ1) is 7.59. The predicted octanol–water partition coefficient (Wildman–Crippen LogP) is 0.171. The van der Waals surface area contributed by atoms with Crippen LogP contribution in [0.15, 0.2) is 4.79 Å². The Morgan fingerprint density at radius 1 is 1.12 bits per heavy atom. The second-order valence-corrected chi connectivity index (χ2v) is 5.17. The molecule has 2 atom stereocenters. The first-order valence-electron chi connectivity index (χ1n) is 5.88. The average molecular weight is 216 g/mol. The molecule has 3 nitrogen and oxygen atoms in total. The van der Waals surface area contributed by atoms with E-state index in [0.29, 0.717) is 23.7 Å². The third-order valence-corrected chi connectivity index (χ3v) is 4.40. The molecule has 1 aromatic heterocycles. The average Bonchev–Trinajstić information content (AvgIpc) is 2.53. The van der Waals surface area contributed by atoms with Crippen molar-refractivity contribution in [2.24, 2.45) is 23.7 Å². The van der Waals surface area contributed by atoms with Crippen molar-refractivity contribution in [3.8, 4) is 0 Å². The summed E-state index contributed by atoms with van der Waals surface area (Å²) in [4.78, 5) is 11.8. The maximum Gasteiger partial charge on any atom is 0.271 e. The number of rotatable bonds is 0. The van der Waals surface area contributed by atoms with Crippen LogP contribution in [0.4, 0.5) is 0 Å². The van der Waals surface area contributed by atoms with Crippen LogP contribution in [-0.2, 0) is 0 Å². The van der Waals surface area contributed by atoms with Crippen LogP contribution in [0.2, 0.25) is 0 Å². The first-order valence-corrected chi connectivity index (χ1v) is 5.88. The molecule has 0 radical (unpaired) electrons. The summed E-state index contributed by atoms with van der Waals surface area (Å²) in [6.07, 6.45) is 4.40. The molecule has 0 aromatic carbocycles. The van der Waals surface area contributed by atoms with Crippen molar-refractivity contribution >= 4 is 12.2 Å². The van der Waals surface area contributed by atoms with Gasteiger partial charge in [0, 0.05) is 10.4 Å². The van der Waals surface area contributed by atoms with Crippen LogP contribution in [0.5, 0.6) is 0 Å². The van der Waals surface area contributed by atoms with E-state index in [9.17, 15) is 4.79 Å². The first kappa shape index (κ1) is 9.82. The molecule has 0 amide bonds. The zero-order chi connectivity index (χ0) is 11.4. The van der Waals surface area contributed by atoms with E-state index in [-0.39, 0.29) is 5.56 Å². The Hall–Kier alpha value is -1.38. The molecule has 1 N–H and O–H groups in total. The van der Waals surface area contributed by atoms with Crippen molar-refractivity contribution in [2.75, 3.05) is 0 Å².